The summed E-state index contributed by atoms with van der Waals surface area (Å²) >= 11 is 6.92. The minimum absolute atomic E-state index is 0.121. The molecule has 17 heavy (non-hydrogen) atoms. The summed E-state index contributed by atoms with van der Waals surface area (Å²) in [7, 11) is 1.83. The van der Waals surface area contributed by atoms with Gasteiger partial charge in [0.2, 0.25) is 0 Å². The van der Waals surface area contributed by atoms with Gasteiger partial charge in [0.1, 0.15) is 0 Å². The van der Waals surface area contributed by atoms with Crippen molar-refractivity contribution in [1.82, 2.24) is 10.6 Å². The van der Waals surface area contributed by atoms with E-state index >= 15 is 0 Å². The van der Waals surface area contributed by atoms with Crippen molar-refractivity contribution in [2.24, 2.45) is 0 Å². The van der Waals surface area contributed by atoms with Crippen LogP contribution < -0.4 is 10.6 Å². The molecular weight excluding hydrogens is 248 g/mol. The fraction of sp³-hybridized carbons (Fsp3) is 0.154. The van der Waals surface area contributed by atoms with Crippen LogP contribution in [0.5, 0.6) is 0 Å². The lowest BCUT2D eigenvalue weighted by molar-refractivity contribution is 0.767. The molecule has 0 bridgehead atoms. The van der Waals surface area contributed by atoms with Crippen LogP contribution >= 0.6 is 23.6 Å². The Morgan fingerprint density at radius 2 is 1.94 bits per heavy atom. The Balaban J connectivity index is 2.28. The topological polar surface area (TPSA) is 24.1 Å². The molecule has 1 aromatic carbocycles. The molecule has 0 saturated carbocycles. The summed E-state index contributed by atoms with van der Waals surface area (Å²) < 4.78 is 0. The van der Waals surface area contributed by atoms with Crippen LogP contribution in [0.1, 0.15) is 16.5 Å². The van der Waals surface area contributed by atoms with E-state index < -0.39 is 0 Å². The fourth-order valence-corrected chi connectivity index (χ4v) is 2.54. The summed E-state index contributed by atoms with van der Waals surface area (Å²) in [5.74, 6) is 0. The summed E-state index contributed by atoms with van der Waals surface area (Å²) in [5, 5.41) is 9.01. The van der Waals surface area contributed by atoms with E-state index in [-0.39, 0.29) is 6.04 Å². The monoisotopic (exact) mass is 262 g/mol. The number of rotatable bonds is 3. The second-order valence-electron chi connectivity index (χ2n) is 3.58. The second kappa shape index (κ2) is 5.80. The highest BCUT2D eigenvalue weighted by molar-refractivity contribution is 7.80. The predicted octanol–water partition coefficient (Wildman–Crippen LogP) is 2.93. The first kappa shape index (κ1) is 12.1. The molecule has 0 aliphatic rings. The SMILES string of the molecule is CNC(=S)N[C@@H](c1ccccc1)c1cccs1. The molecule has 1 atom stereocenters. The van der Waals surface area contributed by atoms with Gasteiger partial charge in [0.15, 0.2) is 5.11 Å². The predicted molar refractivity (Wildman–Crippen MR) is 77.4 cm³/mol. The van der Waals surface area contributed by atoms with Gasteiger partial charge in [-0.15, -0.1) is 11.3 Å². The number of thiocarbonyl (C=S) groups is 1. The van der Waals surface area contributed by atoms with E-state index in [4.69, 9.17) is 12.2 Å². The number of thiophene rings is 1. The van der Waals surface area contributed by atoms with Crippen LogP contribution in [0.2, 0.25) is 0 Å². The lowest BCUT2D eigenvalue weighted by Gasteiger charge is -2.19. The van der Waals surface area contributed by atoms with Crippen LogP contribution in [0.3, 0.4) is 0 Å². The maximum absolute atomic E-state index is 5.19. The van der Waals surface area contributed by atoms with Gasteiger partial charge in [0, 0.05) is 11.9 Å². The largest absolute Gasteiger partial charge is 0.366 e. The molecule has 0 unspecified atom stereocenters. The van der Waals surface area contributed by atoms with E-state index in [0.717, 1.165) is 0 Å². The Hall–Kier alpha value is -1.39. The number of hydrogen-bond donors (Lipinski definition) is 2. The number of hydrogen-bond acceptors (Lipinski definition) is 2. The molecule has 4 heteroatoms. The van der Waals surface area contributed by atoms with Gasteiger partial charge in [0.25, 0.3) is 0 Å². The van der Waals surface area contributed by atoms with E-state index in [1.807, 2.05) is 25.2 Å². The molecular formula is C13H14N2S2. The van der Waals surface area contributed by atoms with Gasteiger partial charge in [-0.1, -0.05) is 36.4 Å². The van der Waals surface area contributed by atoms with Gasteiger partial charge in [-0.2, -0.15) is 0 Å². The Labute approximate surface area is 111 Å². The molecule has 0 saturated heterocycles. The summed E-state index contributed by atoms with van der Waals surface area (Å²) in [6.45, 7) is 0. The van der Waals surface area contributed by atoms with Crippen LogP contribution in [0.15, 0.2) is 47.8 Å². The fourth-order valence-electron chi connectivity index (χ4n) is 1.62. The molecule has 0 aliphatic heterocycles. The van der Waals surface area contributed by atoms with Gasteiger partial charge in [0.05, 0.1) is 6.04 Å². The zero-order valence-electron chi connectivity index (χ0n) is 9.51. The molecule has 0 aliphatic carbocycles. The van der Waals surface area contributed by atoms with E-state index in [1.165, 1.54) is 10.4 Å². The van der Waals surface area contributed by atoms with Crippen molar-refractivity contribution in [3.8, 4) is 0 Å². The zero-order valence-corrected chi connectivity index (χ0v) is 11.1. The van der Waals surface area contributed by atoms with Gasteiger partial charge >= 0.3 is 0 Å². The molecule has 0 amide bonds. The molecule has 0 fully saturated rings. The van der Waals surface area contributed by atoms with Crippen LogP contribution in [0.25, 0.3) is 0 Å². The molecule has 2 N–H and O–H groups in total. The first-order valence-corrected chi connectivity index (χ1v) is 6.66. The minimum atomic E-state index is 0.121. The Morgan fingerprint density at radius 3 is 2.53 bits per heavy atom. The van der Waals surface area contributed by atoms with Crippen molar-refractivity contribution in [3.05, 3.63) is 58.3 Å². The highest BCUT2D eigenvalue weighted by atomic mass is 32.1. The smallest absolute Gasteiger partial charge is 0.166 e. The summed E-state index contributed by atoms with van der Waals surface area (Å²) in [6, 6.07) is 14.6. The van der Waals surface area contributed by atoms with E-state index in [2.05, 4.69) is 40.3 Å². The molecule has 1 heterocycles. The molecule has 2 rings (SSSR count). The molecule has 2 nitrogen and oxygen atoms in total. The van der Waals surface area contributed by atoms with Crippen molar-refractivity contribution in [2.75, 3.05) is 7.05 Å². The van der Waals surface area contributed by atoms with E-state index in [9.17, 15) is 0 Å². The molecule has 0 radical (unpaired) electrons. The highest BCUT2D eigenvalue weighted by Gasteiger charge is 2.15. The summed E-state index contributed by atoms with van der Waals surface area (Å²) in [6.07, 6.45) is 0. The van der Waals surface area contributed by atoms with Gasteiger partial charge in [-0.3, -0.25) is 0 Å². The van der Waals surface area contributed by atoms with Crippen molar-refractivity contribution in [3.63, 3.8) is 0 Å². The lowest BCUT2D eigenvalue weighted by Crippen LogP contribution is -2.35. The maximum Gasteiger partial charge on any atom is 0.166 e. The van der Waals surface area contributed by atoms with Gasteiger partial charge in [-0.25, -0.2) is 0 Å². The molecule has 2 aromatic rings. The Bertz CT molecular complexity index is 465. The van der Waals surface area contributed by atoms with Gasteiger partial charge < -0.3 is 10.6 Å². The molecule has 0 spiro atoms. The quantitative estimate of drug-likeness (QED) is 0.832. The molecule has 1 aromatic heterocycles. The third-order valence-corrected chi connectivity index (χ3v) is 3.72. The van der Waals surface area contributed by atoms with Crippen molar-refractivity contribution < 1.29 is 0 Å². The first-order chi connectivity index (χ1) is 8.31. The van der Waals surface area contributed by atoms with Crippen LogP contribution in [0.4, 0.5) is 0 Å². The third kappa shape index (κ3) is 3.05. The average Bonchev–Trinajstić information content (AvgIpc) is 2.90. The highest BCUT2D eigenvalue weighted by Crippen LogP contribution is 2.25. The Kier molecular flexibility index (Phi) is 4.12. The average molecular weight is 262 g/mol. The normalized spacial score (nSPS) is 11.8. The first-order valence-electron chi connectivity index (χ1n) is 5.38. The van der Waals surface area contributed by atoms with Crippen molar-refractivity contribution in [1.29, 1.82) is 0 Å². The second-order valence-corrected chi connectivity index (χ2v) is 4.97. The van der Waals surface area contributed by atoms with Gasteiger partial charge in [-0.05, 0) is 29.2 Å². The number of nitrogens with one attached hydrogen (secondary N) is 2. The zero-order chi connectivity index (χ0) is 12.1. The molecule has 88 valence electrons. The maximum atomic E-state index is 5.19. The number of benzene rings is 1. The standard InChI is InChI=1S/C13H14N2S2/c1-14-13(16)15-12(11-8-5-9-17-11)10-6-3-2-4-7-10/h2-9,12H,1H3,(H2,14,15,16)/t12-/m0/s1. The van der Waals surface area contributed by atoms with Crippen LogP contribution in [-0.2, 0) is 0 Å². The lowest BCUT2D eigenvalue weighted by atomic mass is 10.1. The van der Waals surface area contributed by atoms with Crippen molar-refractivity contribution >= 4 is 28.7 Å². The summed E-state index contributed by atoms with van der Waals surface area (Å²) in [4.78, 5) is 1.26. The minimum Gasteiger partial charge on any atom is -0.366 e. The van der Waals surface area contributed by atoms with E-state index in [1.54, 1.807) is 11.3 Å². The van der Waals surface area contributed by atoms with Crippen LogP contribution in [0, 0.1) is 0 Å². The van der Waals surface area contributed by atoms with Crippen LogP contribution in [-0.4, -0.2) is 12.2 Å². The third-order valence-electron chi connectivity index (χ3n) is 2.46. The van der Waals surface area contributed by atoms with Crippen molar-refractivity contribution in [2.45, 2.75) is 6.04 Å². The van der Waals surface area contributed by atoms with E-state index in [0.29, 0.717) is 5.11 Å². The summed E-state index contributed by atoms with van der Waals surface area (Å²) in [5.41, 5.74) is 1.22. The Morgan fingerprint density at radius 1 is 1.18 bits per heavy atom.